The highest BCUT2D eigenvalue weighted by Gasteiger charge is 2.22. The third-order valence-corrected chi connectivity index (χ3v) is 2.08. The summed E-state index contributed by atoms with van der Waals surface area (Å²) in [6.07, 6.45) is 2.48. The lowest BCUT2D eigenvalue weighted by Crippen LogP contribution is -2.15. The van der Waals surface area contributed by atoms with Crippen molar-refractivity contribution in [3.8, 4) is 0 Å². The van der Waals surface area contributed by atoms with Gasteiger partial charge in [0.05, 0.1) is 0 Å². The summed E-state index contributed by atoms with van der Waals surface area (Å²) in [4.78, 5) is 0. The van der Waals surface area contributed by atoms with Gasteiger partial charge in [0.25, 0.3) is 0 Å². The first-order chi connectivity index (χ1) is 4.97. The fraction of sp³-hybridized carbons (Fsp3) is 0.800. The van der Waals surface area contributed by atoms with Crippen molar-refractivity contribution in [1.82, 2.24) is 5.32 Å². The summed E-state index contributed by atoms with van der Waals surface area (Å²) in [5.74, 6) is 0.822. The Balaban J connectivity index is 2.34. The van der Waals surface area contributed by atoms with Crippen molar-refractivity contribution < 1.29 is 0 Å². The van der Waals surface area contributed by atoms with E-state index in [0.29, 0.717) is 5.41 Å². The van der Waals surface area contributed by atoms with Crippen LogP contribution < -0.4 is 5.32 Å². The van der Waals surface area contributed by atoms with Crippen molar-refractivity contribution >= 4 is 0 Å². The monoisotopic (exact) mass is 153 g/mol. The Morgan fingerprint density at radius 3 is 2.55 bits per heavy atom. The van der Waals surface area contributed by atoms with Gasteiger partial charge in [0.1, 0.15) is 0 Å². The highest BCUT2D eigenvalue weighted by molar-refractivity contribution is 5.00. The zero-order valence-corrected chi connectivity index (χ0v) is 7.91. The van der Waals surface area contributed by atoms with E-state index in [9.17, 15) is 0 Å². The van der Waals surface area contributed by atoms with E-state index in [1.165, 1.54) is 18.5 Å². The minimum atomic E-state index is 0.469. The van der Waals surface area contributed by atoms with E-state index < -0.39 is 0 Å². The minimum absolute atomic E-state index is 0.469. The van der Waals surface area contributed by atoms with Crippen LogP contribution in [-0.4, -0.2) is 6.54 Å². The Labute approximate surface area is 69.9 Å². The minimum Gasteiger partial charge on any atom is -0.389 e. The van der Waals surface area contributed by atoms with Crippen LogP contribution in [0.2, 0.25) is 0 Å². The van der Waals surface area contributed by atoms with Gasteiger partial charge in [-0.3, -0.25) is 0 Å². The molecule has 0 bridgehead atoms. The van der Waals surface area contributed by atoms with Crippen LogP contribution in [0.15, 0.2) is 12.3 Å². The van der Waals surface area contributed by atoms with Crippen LogP contribution in [-0.2, 0) is 0 Å². The highest BCUT2D eigenvalue weighted by atomic mass is 14.9. The van der Waals surface area contributed by atoms with Gasteiger partial charge in [0.2, 0.25) is 0 Å². The number of allylic oxidation sites excluding steroid dienone is 1. The molecule has 1 N–H and O–H groups in total. The van der Waals surface area contributed by atoms with Gasteiger partial charge >= 0.3 is 0 Å². The molecule has 1 rings (SSSR count). The standard InChI is InChI=1S/C10H19N/c1-8-5-9(7-11-8)6-10(2,3)4/h9,11H,1,5-7H2,2-4H3/t9-/m1/s1. The maximum absolute atomic E-state index is 3.92. The molecule has 1 heterocycles. The van der Waals surface area contributed by atoms with Crippen molar-refractivity contribution in [2.45, 2.75) is 33.6 Å². The SMILES string of the molecule is C=C1C[C@H](CC(C)(C)C)CN1. The second kappa shape index (κ2) is 2.88. The van der Waals surface area contributed by atoms with Gasteiger partial charge < -0.3 is 5.32 Å². The van der Waals surface area contributed by atoms with E-state index in [4.69, 9.17) is 0 Å². The van der Waals surface area contributed by atoms with Gasteiger partial charge in [-0.05, 0) is 24.2 Å². The summed E-state index contributed by atoms with van der Waals surface area (Å²) in [7, 11) is 0. The van der Waals surface area contributed by atoms with Crippen LogP contribution in [0.4, 0.5) is 0 Å². The average Bonchev–Trinajstić information content (AvgIpc) is 2.10. The first-order valence-electron chi connectivity index (χ1n) is 4.39. The number of hydrogen-bond acceptors (Lipinski definition) is 1. The largest absolute Gasteiger partial charge is 0.389 e. The first-order valence-corrected chi connectivity index (χ1v) is 4.39. The van der Waals surface area contributed by atoms with Crippen molar-refractivity contribution in [2.75, 3.05) is 6.54 Å². The van der Waals surface area contributed by atoms with Crippen LogP contribution in [0.5, 0.6) is 0 Å². The summed E-state index contributed by atoms with van der Waals surface area (Å²) in [5, 5.41) is 3.30. The van der Waals surface area contributed by atoms with Crippen LogP contribution in [0.1, 0.15) is 33.6 Å². The van der Waals surface area contributed by atoms with Gasteiger partial charge in [-0.2, -0.15) is 0 Å². The van der Waals surface area contributed by atoms with Crippen LogP contribution >= 0.6 is 0 Å². The lowest BCUT2D eigenvalue weighted by molar-refractivity contribution is 0.308. The zero-order valence-electron chi connectivity index (χ0n) is 7.91. The Bertz CT molecular complexity index is 153. The Hall–Kier alpha value is -0.460. The summed E-state index contributed by atoms with van der Waals surface area (Å²) in [5.41, 5.74) is 1.69. The lowest BCUT2D eigenvalue weighted by Gasteiger charge is -2.21. The fourth-order valence-corrected chi connectivity index (χ4v) is 1.79. The molecule has 0 aromatic heterocycles. The Morgan fingerprint density at radius 2 is 2.18 bits per heavy atom. The molecule has 1 heteroatoms. The summed E-state index contributed by atoms with van der Waals surface area (Å²) < 4.78 is 0. The molecule has 0 amide bonds. The molecule has 64 valence electrons. The molecular weight excluding hydrogens is 134 g/mol. The van der Waals surface area contributed by atoms with Crippen LogP contribution in [0.25, 0.3) is 0 Å². The topological polar surface area (TPSA) is 12.0 Å². The van der Waals surface area contributed by atoms with Gasteiger partial charge in [-0.15, -0.1) is 0 Å². The molecule has 1 aliphatic heterocycles. The molecule has 0 radical (unpaired) electrons. The van der Waals surface area contributed by atoms with E-state index in [0.717, 1.165) is 12.5 Å². The molecule has 1 aliphatic rings. The van der Waals surface area contributed by atoms with Gasteiger partial charge in [-0.1, -0.05) is 27.4 Å². The second-order valence-electron chi connectivity index (χ2n) is 4.82. The molecule has 0 aromatic rings. The second-order valence-corrected chi connectivity index (χ2v) is 4.82. The predicted molar refractivity (Wildman–Crippen MR) is 49.3 cm³/mol. The smallest absolute Gasteiger partial charge is 0.0176 e. The fourth-order valence-electron chi connectivity index (χ4n) is 1.79. The molecule has 0 aliphatic carbocycles. The molecule has 1 atom stereocenters. The average molecular weight is 153 g/mol. The lowest BCUT2D eigenvalue weighted by atomic mass is 9.84. The maximum atomic E-state index is 3.92. The molecule has 0 unspecified atom stereocenters. The van der Waals surface area contributed by atoms with Crippen molar-refractivity contribution in [3.63, 3.8) is 0 Å². The molecule has 0 aromatic carbocycles. The third-order valence-electron chi connectivity index (χ3n) is 2.08. The maximum Gasteiger partial charge on any atom is 0.0176 e. The molecule has 1 saturated heterocycles. The molecule has 1 nitrogen and oxygen atoms in total. The highest BCUT2D eigenvalue weighted by Crippen LogP contribution is 2.29. The molecular formula is C10H19N. The number of hydrogen-bond donors (Lipinski definition) is 1. The van der Waals surface area contributed by atoms with Crippen LogP contribution in [0.3, 0.4) is 0 Å². The predicted octanol–water partition coefficient (Wildman–Crippen LogP) is 2.55. The summed E-state index contributed by atoms with van der Waals surface area (Å²) >= 11 is 0. The number of rotatable bonds is 1. The van der Waals surface area contributed by atoms with E-state index >= 15 is 0 Å². The quantitative estimate of drug-likeness (QED) is 0.610. The van der Waals surface area contributed by atoms with E-state index in [2.05, 4.69) is 32.7 Å². The summed E-state index contributed by atoms with van der Waals surface area (Å²) in [6.45, 7) is 12.0. The van der Waals surface area contributed by atoms with E-state index in [1.807, 2.05) is 0 Å². The van der Waals surface area contributed by atoms with Crippen LogP contribution in [0, 0.1) is 11.3 Å². The van der Waals surface area contributed by atoms with Gasteiger partial charge in [-0.25, -0.2) is 0 Å². The van der Waals surface area contributed by atoms with Gasteiger partial charge in [0.15, 0.2) is 0 Å². The third kappa shape index (κ3) is 2.96. The van der Waals surface area contributed by atoms with Gasteiger partial charge in [0, 0.05) is 12.2 Å². The van der Waals surface area contributed by atoms with Crippen molar-refractivity contribution in [2.24, 2.45) is 11.3 Å². The zero-order chi connectivity index (χ0) is 8.48. The first kappa shape index (κ1) is 8.63. The Morgan fingerprint density at radius 1 is 1.55 bits per heavy atom. The molecule has 0 spiro atoms. The van der Waals surface area contributed by atoms with E-state index in [-0.39, 0.29) is 0 Å². The molecule has 1 fully saturated rings. The molecule has 0 saturated carbocycles. The Kier molecular flexibility index (Phi) is 2.26. The molecule has 11 heavy (non-hydrogen) atoms. The van der Waals surface area contributed by atoms with Crippen molar-refractivity contribution in [1.29, 1.82) is 0 Å². The van der Waals surface area contributed by atoms with E-state index in [1.54, 1.807) is 0 Å². The number of nitrogens with one attached hydrogen (secondary N) is 1. The van der Waals surface area contributed by atoms with Crippen molar-refractivity contribution in [3.05, 3.63) is 12.3 Å². The summed E-state index contributed by atoms with van der Waals surface area (Å²) in [6, 6.07) is 0. The normalized spacial score (nSPS) is 25.4.